The van der Waals surface area contributed by atoms with E-state index in [2.05, 4.69) is 21.2 Å². The van der Waals surface area contributed by atoms with Crippen LogP contribution in [0.15, 0.2) is 57.9 Å². The van der Waals surface area contributed by atoms with Crippen molar-refractivity contribution in [3.05, 3.63) is 80.3 Å². The molecule has 0 saturated carbocycles. The van der Waals surface area contributed by atoms with Crippen LogP contribution in [-0.4, -0.2) is 56.0 Å². The van der Waals surface area contributed by atoms with Gasteiger partial charge in [-0.2, -0.15) is 4.31 Å². The van der Waals surface area contributed by atoms with E-state index in [9.17, 15) is 27.6 Å². The summed E-state index contributed by atoms with van der Waals surface area (Å²) in [6.45, 7) is 4.16. The third-order valence-electron chi connectivity index (χ3n) is 8.52. The summed E-state index contributed by atoms with van der Waals surface area (Å²) in [5.41, 5.74) is 3.17. The summed E-state index contributed by atoms with van der Waals surface area (Å²) in [6.07, 6.45) is 1.82. The Balaban J connectivity index is 1.19. The van der Waals surface area contributed by atoms with Crippen molar-refractivity contribution in [2.24, 2.45) is 5.92 Å². The normalized spacial score (nSPS) is 18.3. The first-order valence-electron chi connectivity index (χ1n) is 14.6. The molecule has 0 bridgehead atoms. The molecule has 234 valence electrons. The predicted octanol–water partition coefficient (Wildman–Crippen LogP) is 5.55. The van der Waals surface area contributed by atoms with Crippen LogP contribution in [0.5, 0.6) is 0 Å². The van der Waals surface area contributed by atoms with Crippen molar-refractivity contribution in [1.82, 2.24) is 4.31 Å². The highest BCUT2D eigenvalue weighted by Crippen LogP contribution is 2.40. The first-order valence-corrected chi connectivity index (χ1v) is 17.2. The van der Waals surface area contributed by atoms with Gasteiger partial charge in [-0.25, -0.2) is 13.3 Å². The zero-order chi connectivity index (χ0) is 32.2. The molecule has 45 heavy (non-hydrogen) atoms. The minimum atomic E-state index is -4.03. The van der Waals surface area contributed by atoms with Crippen LogP contribution < -0.4 is 15.1 Å². The maximum atomic E-state index is 14.0. The number of hydrogen-bond donors (Lipinski definition) is 1. The number of rotatable bonds is 6. The lowest BCUT2D eigenvalue weighted by atomic mass is 9.98. The minimum Gasteiger partial charge on any atom is -0.326 e. The summed E-state index contributed by atoms with van der Waals surface area (Å²) in [5.74, 6) is -2.01. The van der Waals surface area contributed by atoms with Gasteiger partial charge < -0.3 is 10.2 Å². The molecule has 4 amide bonds. The highest BCUT2D eigenvalue weighted by molar-refractivity contribution is 9.10. The van der Waals surface area contributed by atoms with Gasteiger partial charge in [0.25, 0.3) is 11.8 Å². The lowest BCUT2D eigenvalue weighted by Crippen LogP contribution is -2.44. The molecule has 1 fully saturated rings. The van der Waals surface area contributed by atoms with Gasteiger partial charge in [-0.15, -0.1) is 0 Å². The predicted molar refractivity (Wildman–Crippen MR) is 174 cm³/mol. The van der Waals surface area contributed by atoms with Crippen LogP contribution in [0.3, 0.4) is 0 Å². The van der Waals surface area contributed by atoms with Gasteiger partial charge >= 0.3 is 0 Å². The summed E-state index contributed by atoms with van der Waals surface area (Å²) in [4.78, 5) is 54.8. The molecule has 3 aromatic rings. The lowest BCUT2D eigenvalue weighted by Gasteiger charge is -2.32. The van der Waals surface area contributed by atoms with Gasteiger partial charge in [0.2, 0.25) is 21.8 Å². The third kappa shape index (κ3) is 5.58. The number of carbonyl (C=O) groups excluding carboxylic acids is 4. The van der Waals surface area contributed by atoms with E-state index in [-0.39, 0.29) is 47.3 Å². The average Bonchev–Trinajstić information content (AvgIpc) is 3.54. The number of halogens is 2. The molecule has 0 aromatic heterocycles. The lowest BCUT2D eigenvalue weighted by molar-refractivity contribution is -0.121. The number of fused-ring (bicyclic) bond motifs is 2. The summed E-state index contributed by atoms with van der Waals surface area (Å²) >= 11 is 9.47. The van der Waals surface area contributed by atoms with Crippen molar-refractivity contribution in [2.45, 2.75) is 44.4 Å². The molecule has 3 aromatic carbocycles. The number of sulfonamides is 1. The van der Waals surface area contributed by atoms with Gasteiger partial charge in [0.1, 0.15) is 4.90 Å². The Hall–Kier alpha value is -3.58. The number of amides is 4. The summed E-state index contributed by atoms with van der Waals surface area (Å²) < 4.78 is 30.0. The molecule has 3 heterocycles. The van der Waals surface area contributed by atoms with Gasteiger partial charge in [0, 0.05) is 41.2 Å². The van der Waals surface area contributed by atoms with Crippen molar-refractivity contribution in [2.75, 3.05) is 34.8 Å². The van der Waals surface area contributed by atoms with Crippen molar-refractivity contribution in [3.63, 3.8) is 0 Å². The van der Waals surface area contributed by atoms with Gasteiger partial charge in [0.05, 0.1) is 28.4 Å². The molecule has 3 aliphatic heterocycles. The first kappa shape index (κ1) is 31.4. The number of nitrogens with zero attached hydrogens (tertiary/aromatic N) is 3. The van der Waals surface area contributed by atoms with Crippen LogP contribution in [0.2, 0.25) is 5.02 Å². The van der Waals surface area contributed by atoms with Crippen LogP contribution in [0.1, 0.15) is 58.0 Å². The SMILES string of the molecule is CCC(=O)N1CCc2cc(Br)cc(S(=O)(=O)N3CCC[C@@H](C(=O)Nc4ccc(N5C(=O)c6ccc(Cl)cc6C5=O)c(C)c4)C3)c21. The third-order valence-corrected chi connectivity index (χ3v) is 11.1. The van der Waals surface area contributed by atoms with E-state index in [0.29, 0.717) is 57.9 Å². The van der Waals surface area contributed by atoms with E-state index < -0.39 is 27.8 Å². The molecule has 3 aliphatic rings. The fourth-order valence-electron chi connectivity index (χ4n) is 6.28. The number of anilines is 3. The number of carbonyl (C=O) groups is 4. The van der Waals surface area contributed by atoms with Gasteiger partial charge in [-0.3, -0.25) is 19.2 Å². The molecule has 6 rings (SSSR count). The first-order chi connectivity index (χ1) is 21.4. The fourth-order valence-corrected chi connectivity index (χ4v) is 8.89. The molecule has 1 atom stereocenters. The number of piperidine rings is 1. The highest BCUT2D eigenvalue weighted by atomic mass is 79.9. The standard InChI is InChI=1S/C32H30BrClN4O6S/c1-3-28(39)37-12-10-19-14-21(33)15-27(29(19)37)45(43,44)36-11-4-5-20(17-36)30(40)35-23-7-9-26(18(2)13-23)38-31(41)24-8-6-22(34)16-25(24)32(38)42/h6-9,13-16,20H,3-5,10-12,17H2,1-2H3,(H,35,40)/t20-/m1/s1. The van der Waals surface area contributed by atoms with Crippen molar-refractivity contribution in [1.29, 1.82) is 0 Å². The van der Waals surface area contributed by atoms with Crippen molar-refractivity contribution in [3.8, 4) is 0 Å². The Bertz CT molecular complexity index is 1900. The van der Waals surface area contributed by atoms with E-state index in [0.717, 1.165) is 10.5 Å². The maximum Gasteiger partial charge on any atom is 0.266 e. The number of aryl methyl sites for hydroxylation is 1. The molecule has 10 nitrogen and oxygen atoms in total. The molecule has 0 spiro atoms. The number of nitrogens with one attached hydrogen (secondary N) is 1. The molecule has 0 unspecified atom stereocenters. The van der Waals surface area contributed by atoms with E-state index in [1.165, 1.54) is 22.5 Å². The van der Waals surface area contributed by atoms with Crippen LogP contribution >= 0.6 is 27.5 Å². The van der Waals surface area contributed by atoms with E-state index >= 15 is 0 Å². The smallest absolute Gasteiger partial charge is 0.266 e. The largest absolute Gasteiger partial charge is 0.326 e. The summed E-state index contributed by atoms with van der Waals surface area (Å²) in [6, 6.07) is 12.8. The number of imide groups is 1. The second-order valence-electron chi connectivity index (χ2n) is 11.4. The Kier molecular flexibility index (Phi) is 8.36. The molecular weight excluding hydrogens is 684 g/mol. The fraction of sp³-hybridized carbons (Fsp3) is 0.312. The average molecular weight is 714 g/mol. The van der Waals surface area contributed by atoms with Crippen molar-refractivity contribution >= 4 is 78.2 Å². The van der Waals surface area contributed by atoms with E-state index in [4.69, 9.17) is 11.6 Å². The Labute approximate surface area is 274 Å². The molecule has 1 saturated heterocycles. The molecule has 0 radical (unpaired) electrons. The second-order valence-corrected chi connectivity index (χ2v) is 14.6. The Morgan fingerprint density at radius 2 is 1.78 bits per heavy atom. The van der Waals surface area contributed by atoms with Crippen LogP contribution in [0, 0.1) is 12.8 Å². The van der Waals surface area contributed by atoms with Crippen molar-refractivity contribution < 1.29 is 27.6 Å². The number of benzene rings is 3. The Morgan fingerprint density at radius 1 is 1.02 bits per heavy atom. The van der Waals surface area contributed by atoms with Crippen LogP contribution in [0.4, 0.5) is 17.1 Å². The topological polar surface area (TPSA) is 124 Å². The van der Waals surface area contributed by atoms with Gasteiger partial charge in [-0.1, -0.05) is 34.5 Å². The van der Waals surface area contributed by atoms with Gasteiger partial charge in [-0.05, 0) is 85.8 Å². The zero-order valence-corrected chi connectivity index (χ0v) is 27.8. The second kappa shape index (κ2) is 12.0. The van der Waals surface area contributed by atoms with Crippen LogP contribution in [-0.2, 0) is 26.0 Å². The zero-order valence-electron chi connectivity index (χ0n) is 24.6. The monoisotopic (exact) mass is 712 g/mol. The quantitative estimate of drug-likeness (QED) is 0.334. The van der Waals surface area contributed by atoms with Gasteiger partial charge in [0.15, 0.2) is 0 Å². The summed E-state index contributed by atoms with van der Waals surface area (Å²) in [7, 11) is -4.03. The number of hydrogen-bond acceptors (Lipinski definition) is 6. The Morgan fingerprint density at radius 3 is 2.51 bits per heavy atom. The van der Waals surface area contributed by atoms with E-state index in [1.807, 2.05) is 6.07 Å². The summed E-state index contributed by atoms with van der Waals surface area (Å²) in [5, 5.41) is 3.24. The van der Waals surface area contributed by atoms with E-state index in [1.54, 1.807) is 43.0 Å². The molecule has 0 aliphatic carbocycles. The highest BCUT2D eigenvalue weighted by Gasteiger charge is 2.39. The minimum absolute atomic E-state index is 0.00809. The molecule has 1 N–H and O–H groups in total. The molecule has 13 heteroatoms. The molecular formula is C32H30BrClN4O6S. The maximum absolute atomic E-state index is 14.0. The van der Waals surface area contributed by atoms with Crippen LogP contribution in [0.25, 0.3) is 0 Å².